The Labute approximate surface area is 125 Å². The van der Waals surface area contributed by atoms with Crippen LogP contribution in [0.25, 0.3) is 0 Å². The molecule has 1 aliphatic rings. The molecule has 1 fully saturated rings. The number of hydrogen-bond acceptors (Lipinski definition) is 5. The molecule has 0 aliphatic carbocycles. The molecule has 0 spiro atoms. The smallest absolute Gasteiger partial charge is 0.340 e. The van der Waals surface area contributed by atoms with Gasteiger partial charge in [-0.1, -0.05) is 11.6 Å². The van der Waals surface area contributed by atoms with Crippen molar-refractivity contribution in [3.63, 3.8) is 0 Å². The van der Waals surface area contributed by atoms with E-state index in [0.717, 1.165) is 25.9 Å². The first-order valence-corrected chi connectivity index (χ1v) is 7.00. The molecule has 0 radical (unpaired) electrons. The Morgan fingerprint density at radius 2 is 2.19 bits per heavy atom. The van der Waals surface area contributed by atoms with Crippen molar-refractivity contribution in [1.82, 2.24) is 20.2 Å². The number of anilines is 1. The van der Waals surface area contributed by atoms with Gasteiger partial charge in [-0.25, -0.2) is 14.9 Å². The van der Waals surface area contributed by atoms with E-state index in [2.05, 4.69) is 25.1 Å². The molecule has 0 unspecified atom stereocenters. The minimum atomic E-state index is -0.274. The standard InChI is InChI=1S/C13H13ClN6O/c14-10-5-8(6-15)7-16-12(10)20-3-1-9(2-4-20)11-17-13(21)19-18-11/h5,7,9H,1-4H2,(H2,17,18,19,21). The fourth-order valence-electron chi connectivity index (χ4n) is 2.57. The van der Waals surface area contributed by atoms with Crippen molar-refractivity contribution in [1.29, 1.82) is 5.26 Å². The van der Waals surface area contributed by atoms with E-state index in [4.69, 9.17) is 16.9 Å². The molecule has 0 saturated carbocycles. The Balaban J connectivity index is 1.71. The van der Waals surface area contributed by atoms with E-state index in [1.165, 1.54) is 6.20 Å². The van der Waals surface area contributed by atoms with E-state index < -0.39 is 0 Å². The van der Waals surface area contributed by atoms with Gasteiger partial charge in [0.25, 0.3) is 0 Å². The second-order valence-electron chi connectivity index (χ2n) is 4.97. The number of halogens is 1. The van der Waals surface area contributed by atoms with Gasteiger partial charge in [-0.3, -0.25) is 4.98 Å². The highest BCUT2D eigenvalue weighted by Gasteiger charge is 2.24. The Bertz CT molecular complexity index is 738. The lowest BCUT2D eigenvalue weighted by Crippen LogP contribution is -2.34. The maximum atomic E-state index is 11.1. The second kappa shape index (κ2) is 5.58. The van der Waals surface area contributed by atoms with E-state index in [-0.39, 0.29) is 11.6 Å². The number of H-pyrrole nitrogens is 2. The summed E-state index contributed by atoms with van der Waals surface area (Å²) < 4.78 is 0. The number of aromatic amines is 2. The molecule has 21 heavy (non-hydrogen) atoms. The predicted molar refractivity (Wildman–Crippen MR) is 77.4 cm³/mol. The Morgan fingerprint density at radius 1 is 1.43 bits per heavy atom. The lowest BCUT2D eigenvalue weighted by molar-refractivity contribution is 0.484. The molecular formula is C13H13ClN6O. The van der Waals surface area contributed by atoms with E-state index in [1.807, 2.05) is 6.07 Å². The summed E-state index contributed by atoms with van der Waals surface area (Å²) in [5.41, 5.74) is 0.178. The highest BCUT2D eigenvalue weighted by Crippen LogP contribution is 2.30. The molecule has 0 aromatic carbocycles. The van der Waals surface area contributed by atoms with Crippen LogP contribution in [0.3, 0.4) is 0 Å². The Morgan fingerprint density at radius 3 is 2.76 bits per heavy atom. The molecule has 108 valence electrons. The van der Waals surface area contributed by atoms with E-state index in [9.17, 15) is 4.79 Å². The average Bonchev–Trinajstić information content (AvgIpc) is 2.94. The number of rotatable bonds is 2. The van der Waals surface area contributed by atoms with Crippen molar-refractivity contribution < 1.29 is 0 Å². The van der Waals surface area contributed by atoms with Crippen LogP contribution in [0.2, 0.25) is 5.02 Å². The maximum Gasteiger partial charge on any atom is 0.340 e. The van der Waals surface area contributed by atoms with Crippen LogP contribution in [0.5, 0.6) is 0 Å². The van der Waals surface area contributed by atoms with Crippen LogP contribution in [0, 0.1) is 11.3 Å². The van der Waals surface area contributed by atoms with Gasteiger partial charge in [0, 0.05) is 25.2 Å². The Hall–Kier alpha value is -2.33. The molecule has 7 nitrogen and oxygen atoms in total. The minimum absolute atomic E-state index is 0.234. The first-order valence-electron chi connectivity index (χ1n) is 6.62. The summed E-state index contributed by atoms with van der Waals surface area (Å²) in [6.07, 6.45) is 3.25. The van der Waals surface area contributed by atoms with E-state index in [1.54, 1.807) is 6.07 Å². The summed E-state index contributed by atoms with van der Waals surface area (Å²) >= 11 is 6.18. The molecule has 0 amide bonds. The van der Waals surface area contributed by atoms with Crippen LogP contribution < -0.4 is 10.6 Å². The van der Waals surface area contributed by atoms with E-state index >= 15 is 0 Å². The summed E-state index contributed by atoms with van der Waals surface area (Å²) in [5, 5.41) is 15.7. The second-order valence-corrected chi connectivity index (χ2v) is 5.37. The molecule has 0 atom stereocenters. The third-order valence-electron chi connectivity index (χ3n) is 3.65. The molecule has 3 heterocycles. The fraction of sp³-hybridized carbons (Fsp3) is 0.385. The number of nitrogens with zero attached hydrogens (tertiary/aromatic N) is 4. The first-order chi connectivity index (χ1) is 10.2. The van der Waals surface area contributed by atoms with Crippen molar-refractivity contribution in [3.8, 4) is 6.07 Å². The molecule has 1 saturated heterocycles. The quantitative estimate of drug-likeness (QED) is 0.873. The SMILES string of the molecule is N#Cc1cnc(N2CCC(c3n[nH]c(=O)[nH]3)CC2)c(Cl)c1. The van der Waals surface area contributed by atoms with Crippen LogP contribution in [0.4, 0.5) is 5.82 Å². The van der Waals surface area contributed by atoms with Gasteiger partial charge in [0.05, 0.1) is 10.6 Å². The topological polar surface area (TPSA) is 101 Å². The highest BCUT2D eigenvalue weighted by atomic mass is 35.5. The average molecular weight is 305 g/mol. The summed E-state index contributed by atoms with van der Waals surface area (Å²) in [6.45, 7) is 1.55. The third kappa shape index (κ3) is 2.76. The summed E-state index contributed by atoms with van der Waals surface area (Å²) in [7, 11) is 0. The molecule has 2 N–H and O–H groups in total. The van der Waals surface area contributed by atoms with Crippen molar-refractivity contribution in [2.45, 2.75) is 18.8 Å². The number of hydrogen-bond donors (Lipinski definition) is 2. The molecule has 2 aromatic rings. The monoisotopic (exact) mass is 304 g/mol. The largest absolute Gasteiger partial charge is 0.355 e. The molecule has 1 aliphatic heterocycles. The van der Waals surface area contributed by atoms with Gasteiger partial charge in [-0.15, -0.1) is 0 Å². The van der Waals surface area contributed by atoms with Crippen LogP contribution in [0.15, 0.2) is 17.1 Å². The van der Waals surface area contributed by atoms with Gasteiger partial charge in [0.15, 0.2) is 0 Å². The number of aromatic nitrogens is 4. The van der Waals surface area contributed by atoms with Gasteiger partial charge in [-0.05, 0) is 18.9 Å². The molecule has 3 rings (SSSR count). The fourth-order valence-corrected chi connectivity index (χ4v) is 2.85. The van der Waals surface area contributed by atoms with Gasteiger partial charge in [0.2, 0.25) is 0 Å². The van der Waals surface area contributed by atoms with Crippen LogP contribution in [-0.4, -0.2) is 33.3 Å². The highest BCUT2D eigenvalue weighted by molar-refractivity contribution is 6.33. The Kier molecular flexibility index (Phi) is 3.62. The summed E-state index contributed by atoms with van der Waals surface area (Å²) in [4.78, 5) is 20.1. The van der Waals surface area contributed by atoms with Gasteiger partial charge >= 0.3 is 5.69 Å². The first kappa shape index (κ1) is 13.6. The summed E-state index contributed by atoms with van der Waals surface area (Å²) in [6, 6.07) is 3.64. The van der Waals surface area contributed by atoms with Crippen molar-refractivity contribution >= 4 is 17.4 Å². The number of pyridine rings is 1. The van der Waals surface area contributed by atoms with Crippen molar-refractivity contribution in [2.24, 2.45) is 0 Å². The van der Waals surface area contributed by atoms with Gasteiger partial charge in [-0.2, -0.15) is 10.4 Å². The zero-order valence-corrected chi connectivity index (χ0v) is 11.9. The van der Waals surface area contributed by atoms with Crippen LogP contribution in [0.1, 0.15) is 30.1 Å². The van der Waals surface area contributed by atoms with Gasteiger partial charge in [0.1, 0.15) is 17.7 Å². The van der Waals surface area contributed by atoms with Crippen molar-refractivity contribution in [3.05, 3.63) is 39.2 Å². The lowest BCUT2D eigenvalue weighted by Gasteiger charge is -2.32. The summed E-state index contributed by atoms with van der Waals surface area (Å²) in [5.74, 6) is 1.64. The molecule has 0 bridgehead atoms. The predicted octanol–water partition coefficient (Wildman–Crippen LogP) is 1.40. The number of nitriles is 1. The minimum Gasteiger partial charge on any atom is -0.355 e. The zero-order chi connectivity index (χ0) is 14.8. The van der Waals surface area contributed by atoms with E-state index in [0.29, 0.717) is 22.2 Å². The van der Waals surface area contributed by atoms with Crippen LogP contribution in [-0.2, 0) is 0 Å². The lowest BCUT2D eigenvalue weighted by atomic mass is 9.96. The molecule has 2 aromatic heterocycles. The third-order valence-corrected chi connectivity index (χ3v) is 3.93. The number of piperidine rings is 1. The normalized spacial score (nSPS) is 15.9. The van der Waals surface area contributed by atoms with Crippen LogP contribution >= 0.6 is 11.6 Å². The maximum absolute atomic E-state index is 11.1. The zero-order valence-electron chi connectivity index (χ0n) is 11.1. The molecular weight excluding hydrogens is 292 g/mol. The molecule has 8 heteroatoms. The van der Waals surface area contributed by atoms with Crippen molar-refractivity contribution in [2.75, 3.05) is 18.0 Å². The van der Waals surface area contributed by atoms with Gasteiger partial charge < -0.3 is 4.90 Å². The number of nitrogens with one attached hydrogen (secondary N) is 2.